The topological polar surface area (TPSA) is 65.4 Å². The number of nitriles is 1. The van der Waals surface area contributed by atoms with E-state index >= 15 is 0 Å². The summed E-state index contributed by atoms with van der Waals surface area (Å²) in [4.78, 5) is 14.8. The molecule has 28 heavy (non-hydrogen) atoms. The number of nitrogens with zero attached hydrogens (tertiary/aromatic N) is 2. The summed E-state index contributed by atoms with van der Waals surface area (Å²) in [6.45, 7) is 5.74. The molecule has 150 valence electrons. The Morgan fingerprint density at radius 1 is 1.18 bits per heavy atom. The highest BCUT2D eigenvalue weighted by Gasteiger charge is 2.15. The third-order valence-corrected chi connectivity index (χ3v) is 4.39. The number of benzene rings is 2. The second-order valence-corrected chi connectivity index (χ2v) is 6.91. The molecule has 0 radical (unpaired) electrons. The second kappa shape index (κ2) is 10.3. The highest BCUT2D eigenvalue weighted by Crippen LogP contribution is 2.24. The molecule has 1 amide bonds. The van der Waals surface area contributed by atoms with Crippen molar-refractivity contribution in [2.75, 3.05) is 18.9 Å². The van der Waals surface area contributed by atoms with Gasteiger partial charge in [-0.25, -0.2) is 0 Å². The van der Waals surface area contributed by atoms with Gasteiger partial charge in [-0.3, -0.25) is 4.79 Å². The fraction of sp³-hybridized carbons (Fsp3) is 0.333. The number of fused-ring (bicyclic) bond motifs is 1. The Bertz CT molecular complexity index is 878. The van der Waals surface area contributed by atoms with Gasteiger partial charge in [0.1, 0.15) is 11.8 Å². The zero-order valence-corrected chi connectivity index (χ0v) is 17.8. The van der Waals surface area contributed by atoms with Crippen molar-refractivity contribution in [3.63, 3.8) is 0 Å². The van der Waals surface area contributed by atoms with Crippen LogP contribution in [0.4, 0.5) is 5.69 Å². The van der Waals surface area contributed by atoms with E-state index in [1.807, 2.05) is 26.0 Å². The van der Waals surface area contributed by atoms with E-state index in [4.69, 9.17) is 4.74 Å². The van der Waals surface area contributed by atoms with E-state index in [1.54, 1.807) is 18.2 Å². The lowest BCUT2D eigenvalue weighted by Crippen LogP contribution is -2.26. The minimum atomic E-state index is -0.235. The number of ether oxygens (including phenoxy) is 1. The number of hydrogen-bond acceptors (Lipinski definition) is 4. The van der Waals surface area contributed by atoms with E-state index in [1.165, 1.54) is 11.1 Å². The largest absolute Gasteiger partial charge is 0.490 e. The molecular weight excluding hydrogens is 397 g/mol. The lowest BCUT2D eigenvalue weighted by Gasteiger charge is -2.25. The number of amides is 1. The standard InChI is InChI=1S/C21H23N3O2.2ClH/c1-14(2)26-20-7-5-16(10-17(20)12-22)21(25)23-19-6-4-15-8-9-24(3)13-18(15)11-19;;/h4-7,10-11,14H,8-9,13H2,1-3H3,(H,23,25);2*1H. The Hall–Kier alpha value is -2.26. The molecule has 7 heteroatoms. The number of halogens is 2. The van der Waals surface area contributed by atoms with Crippen LogP contribution in [0.25, 0.3) is 0 Å². The van der Waals surface area contributed by atoms with Crippen LogP contribution in [-0.2, 0) is 13.0 Å². The van der Waals surface area contributed by atoms with Crippen LogP contribution in [0.5, 0.6) is 5.75 Å². The summed E-state index contributed by atoms with van der Waals surface area (Å²) >= 11 is 0. The van der Waals surface area contributed by atoms with Gasteiger partial charge in [0.25, 0.3) is 5.91 Å². The van der Waals surface area contributed by atoms with Crippen molar-refractivity contribution in [2.45, 2.75) is 32.9 Å². The van der Waals surface area contributed by atoms with Gasteiger partial charge in [0.15, 0.2) is 0 Å². The average Bonchev–Trinajstić information content (AvgIpc) is 2.61. The van der Waals surface area contributed by atoms with E-state index in [0.717, 1.165) is 25.2 Å². The molecule has 0 saturated heterocycles. The van der Waals surface area contributed by atoms with Gasteiger partial charge in [-0.15, -0.1) is 24.8 Å². The van der Waals surface area contributed by atoms with Crippen molar-refractivity contribution in [1.29, 1.82) is 5.26 Å². The van der Waals surface area contributed by atoms with Gasteiger partial charge in [-0.2, -0.15) is 5.26 Å². The first kappa shape index (κ1) is 23.8. The Balaban J connectivity index is 0.00000196. The zero-order valence-electron chi connectivity index (χ0n) is 16.2. The number of nitrogens with one attached hydrogen (secondary N) is 1. The fourth-order valence-corrected chi connectivity index (χ4v) is 3.09. The summed E-state index contributed by atoms with van der Waals surface area (Å²) in [5.74, 6) is 0.262. The molecular formula is C21H25Cl2N3O2. The maximum atomic E-state index is 12.6. The minimum absolute atomic E-state index is 0. The molecule has 2 aromatic carbocycles. The molecule has 0 fully saturated rings. The van der Waals surface area contributed by atoms with Crippen LogP contribution < -0.4 is 10.1 Å². The molecule has 3 rings (SSSR count). The molecule has 0 spiro atoms. The first-order valence-corrected chi connectivity index (χ1v) is 8.79. The van der Waals surface area contributed by atoms with Crippen molar-refractivity contribution >= 4 is 36.4 Å². The first-order valence-electron chi connectivity index (χ1n) is 8.79. The number of likely N-dealkylation sites (N-methyl/N-ethyl adjacent to an activating group) is 1. The van der Waals surface area contributed by atoms with E-state index in [-0.39, 0.29) is 36.8 Å². The Labute approximate surface area is 178 Å². The summed E-state index contributed by atoms with van der Waals surface area (Å²) in [5.41, 5.74) is 4.15. The zero-order chi connectivity index (χ0) is 18.7. The Morgan fingerprint density at radius 3 is 2.61 bits per heavy atom. The van der Waals surface area contributed by atoms with E-state index in [2.05, 4.69) is 29.4 Å². The maximum absolute atomic E-state index is 12.6. The predicted molar refractivity (Wildman–Crippen MR) is 116 cm³/mol. The number of carbonyl (C=O) groups is 1. The van der Waals surface area contributed by atoms with Crippen molar-refractivity contribution in [2.24, 2.45) is 0 Å². The lowest BCUT2D eigenvalue weighted by molar-refractivity contribution is 0.102. The third-order valence-electron chi connectivity index (χ3n) is 4.39. The highest BCUT2D eigenvalue weighted by molar-refractivity contribution is 6.04. The molecule has 0 unspecified atom stereocenters. The molecule has 0 aromatic heterocycles. The van der Waals surface area contributed by atoms with Crippen LogP contribution in [0.2, 0.25) is 0 Å². The average molecular weight is 422 g/mol. The molecule has 0 atom stereocenters. The lowest BCUT2D eigenvalue weighted by atomic mass is 9.99. The molecule has 2 aromatic rings. The van der Waals surface area contributed by atoms with Gasteiger partial charge in [0.2, 0.25) is 0 Å². The third kappa shape index (κ3) is 5.62. The van der Waals surface area contributed by atoms with Crippen molar-refractivity contribution < 1.29 is 9.53 Å². The molecule has 1 aliphatic heterocycles. The van der Waals surface area contributed by atoms with Crippen LogP contribution in [0.1, 0.15) is 40.9 Å². The summed E-state index contributed by atoms with van der Waals surface area (Å²) < 4.78 is 5.60. The smallest absolute Gasteiger partial charge is 0.255 e. The number of anilines is 1. The van der Waals surface area contributed by atoms with E-state index in [0.29, 0.717) is 16.9 Å². The first-order chi connectivity index (χ1) is 12.5. The van der Waals surface area contributed by atoms with Gasteiger partial charge >= 0.3 is 0 Å². The fourth-order valence-electron chi connectivity index (χ4n) is 3.09. The quantitative estimate of drug-likeness (QED) is 0.792. The molecule has 0 aliphatic carbocycles. The van der Waals surface area contributed by atoms with Gasteiger partial charge in [-0.1, -0.05) is 6.07 Å². The predicted octanol–water partition coefficient (Wildman–Crippen LogP) is 4.43. The van der Waals surface area contributed by atoms with Crippen LogP contribution in [0.3, 0.4) is 0 Å². The molecule has 0 saturated carbocycles. The van der Waals surface area contributed by atoms with Crippen LogP contribution in [0, 0.1) is 11.3 Å². The molecule has 1 aliphatic rings. The molecule has 0 bridgehead atoms. The Morgan fingerprint density at radius 2 is 1.93 bits per heavy atom. The number of rotatable bonds is 4. The van der Waals surface area contributed by atoms with Crippen molar-refractivity contribution in [3.8, 4) is 11.8 Å². The second-order valence-electron chi connectivity index (χ2n) is 6.91. The van der Waals surface area contributed by atoms with E-state index in [9.17, 15) is 10.1 Å². The molecule has 1 heterocycles. The van der Waals surface area contributed by atoms with E-state index < -0.39 is 0 Å². The van der Waals surface area contributed by atoms with Crippen LogP contribution in [-0.4, -0.2) is 30.5 Å². The van der Waals surface area contributed by atoms with Gasteiger partial charge < -0.3 is 15.0 Å². The molecule has 1 N–H and O–H groups in total. The summed E-state index contributed by atoms with van der Waals surface area (Å²) in [6.07, 6.45) is 0.999. The van der Waals surface area contributed by atoms with Crippen LogP contribution >= 0.6 is 24.8 Å². The van der Waals surface area contributed by atoms with Crippen LogP contribution in [0.15, 0.2) is 36.4 Å². The highest BCUT2D eigenvalue weighted by atomic mass is 35.5. The maximum Gasteiger partial charge on any atom is 0.255 e. The number of carbonyl (C=O) groups excluding carboxylic acids is 1. The Kier molecular flexibility index (Phi) is 8.77. The molecule has 5 nitrogen and oxygen atoms in total. The summed E-state index contributed by atoms with van der Waals surface area (Å²) in [5, 5.41) is 12.2. The van der Waals surface area contributed by atoms with Gasteiger partial charge in [-0.05, 0) is 68.8 Å². The van der Waals surface area contributed by atoms with Crippen molar-refractivity contribution in [1.82, 2.24) is 4.90 Å². The van der Waals surface area contributed by atoms with Gasteiger partial charge in [0, 0.05) is 24.3 Å². The number of hydrogen-bond donors (Lipinski definition) is 1. The summed E-state index contributed by atoms with van der Waals surface area (Å²) in [7, 11) is 2.10. The monoisotopic (exact) mass is 421 g/mol. The summed E-state index contributed by atoms with van der Waals surface area (Å²) in [6, 6.07) is 13.1. The van der Waals surface area contributed by atoms with Crippen molar-refractivity contribution in [3.05, 3.63) is 58.7 Å². The normalized spacial score (nSPS) is 12.8. The van der Waals surface area contributed by atoms with Gasteiger partial charge in [0.05, 0.1) is 11.7 Å². The minimum Gasteiger partial charge on any atom is -0.490 e. The SMILES string of the molecule is CC(C)Oc1ccc(C(=O)Nc2ccc3c(c2)CN(C)CC3)cc1C#N.Cl.Cl.